The number of likely N-dealkylation sites (tertiary alicyclic amines) is 1. The van der Waals surface area contributed by atoms with Gasteiger partial charge in [0.15, 0.2) is 0 Å². The van der Waals surface area contributed by atoms with E-state index in [1.807, 2.05) is 42.5 Å². The van der Waals surface area contributed by atoms with E-state index in [1.54, 1.807) is 17.0 Å². The first-order valence-electron chi connectivity index (χ1n) is 8.90. The number of carbonyl (C=O) groups excluding carboxylic acids is 2. The zero-order valence-electron chi connectivity index (χ0n) is 15.4. The van der Waals surface area contributed by atoms with Crippen molar-refractivity contribution in [3.8, 4) is 0 Å². The molecule has 0 aromatic heterocycles. The normalized spacial score (nSPS) is 16.7. The quantitative estimate of drug-likeness (QED) is 0.591. The van der Waals surface area contributed by atoms with Gasteiger partial charge in [-0.3, -0.25) is 0 Å². The van der Waals surface area contributed by atoms with Crippen LogP contribution in [-0.2, 0) is 16.1 Å². The molecule has 0 spiro atoms. The van der Waals surface area contributed by atoms with Gasteiger partial charge in [-0.25, -0.2) is 9.59 Å². The van der Waals surface area contributed by atoms with Gasteiger partial charge >= 0.3 is 12.1 Å². The van der Waals surface area contributed by atoms with Crippen LogP contribution < -0.4 is 0 Å². The van der Waals surface area contributed by atoms with Crippen LogP contribution >= 0.6 is 0 Å². The third-order valence-corrected chi connectivity index (χ3v) is 4.72. The number of benzene rings is 2. The Morgan fingerprint density at radius 2 is 1.81 bits per heavy atom. The minimum Gasteiger partial charge on any atom is -0.465 e. The molecule has 5 nitrogen and oxygen atoms in total. The average Bonchev–Trinajstić information content (AvgIpc) is 2.72. The summed E-state index contributed by atoms with van der Waals surface area (Å²) in [6, 6.07) is 16.6. The summed E-state index contributed by atoms with van der Waals surface area (Å²) >= 11 is 0. The molecule has 3 rings (SSSR count). The number of nitrogens with zero attached hydrogens (tertiary/aromatic N) is 1. The van der Waals surface area contributed by atoms with Gasteiger partial charge in [0.05, 0.1) is 18.7 Å². The number of hydrogen-bond donors (Lipinski definition) is 0. The summed E-state index contributed by atoms with van der Waals surface area (Å²) < 4.78 is 10.3. The third-order valence-electron chi connectivity index (χ3n) is 4.72. The van der Waals surface area contributed by atoms with Crippen LogP contribution in [0.3, 0.4) is 0 Å². The number of rotatable bonds is 4. The Hall–Kier alpha value is -3.08. The third kappa shape index (κ3) is 4.56. The molecule has 5 heteroatoms. The number of ether oxygens (including phenoxy) is 2. The molecule has 1 amide bonds. The molecule has 0 radical (unpaired) electrons. The molecular weight excluding hydrogens is 342 g/mol. The fourth-order valence-corrected chi connectivity index (χ4v) is 3.20. The largest absolute Gasteiger partial charge is 0.465 e. The van der Waals surface area contributed by atoms with Crippen molar-refractivity contribution < 1.29 is 19.1 Å². The van der Waals surface area contributed by atoms with Gasteiger partial charge in [0.25, 0.3) is 0 Å². The van der Waals surface area contributed by atoms with Crippen LogP contribution in [-0.4, -0.2) is 30.6 Å². The predicted molar refractivity (Wildman–Crippen MR) is 102 cm³/mol. The second kappa shape index (κ2) is 8.54. The van der Waals surface area contributed by atoms with Gasteiger partial charge in [-0.15, -0.1) is 0 Å². The van der Waals surface area contributed by atoms with E-state index in [1.165, 1.54) is 7.11 Å². The molecule has 0 aliphatic carbocycles. The topological polar surface area (TPSA) is 55.8 Å². The lowest BCUT2D eigenvalue weighted by atomic mass is 9.92. The van der Waals surface area contributed by atoms with Gasteiger partial charge in [-0.2, -0.15) is 0 Å². The highest BCUT2D eigenvalue weighted by Crippen LogP contribution is 2.34. The van der Waals surface area contributed by atoms with Gasteiger partial charge in [0.1, 0.15) is 6.61 Å². The Morgan fingerprint density at radius 1 is 1.11 bits per heavy atom. The smallest absolute Gasteiger partial charge is 0.410 e. The first-order chi connectivity index (χ1) is 13.1. The Morgan fingerprint density at radius 3 is 2.48 bits per heavy atom. The van der Waals surface area contributed by atoms with Gasteiger partial charge in [0, 0.05) is 6.54 Å². The lowest BCUT2D eigenvalue weighted by molar-refractivity contribution is 0.0599. The molecule has 0 bridgehead atoms. The van der Waals surface area contributed by atoms with Gasteiger partial charge in [-0.1, -0.05) is 54.6 Å². The van der Waals surface area contributed by atoms with E-state index in [4.69, 9.17) is 9.47 Å². The van der Waals surface area contributed by atoms with E-state index in [0.717, 1.165) is 23.1 Å². The SMILES string of the molecule is C=C1CCN(C(=O)OCc2ccccc2)C(c2ccc(C(=O)OC)cc2)C1. The minimum absolute atomic E-state index is 0.152. The Bertz CT molecular complexity index is 814. The summed E-state index contributed by atoms with van der Waals surface area (Å²) in [5.74, 6) is -0.381. The Balaban J connectivity index is 1.73. The predicted octanol–water partition coefficient (Wildman–Crippen LogP) is 4.50. The lowest BCUT2D eigenvalue weighted by Gasteiger charge is -2.36. The van der Waals surface area contributed by atoms with Gasteiger partial charge < -0.3 is 14.4 Å². The average molecular weight is 365 g/mol. The van der Waals surface area contributed by atoms with Crippen LogP contribution in [0.25, 0.3) is 0 Å². The van der Waals surface area contributed by atoms with Crippen LogP contribution in [0, 0.1) is 0 Å². The second-order valence-electron chi connectivity index (χ2n) is 6.57. The molecule has 1 atom stereocenters. The Labute approximate surface area is 159 Å². The van der Waals surface area contributed by atoms with Crippen LogP contribution in [0.1, 0.15) is 40.4 Å². The van der Waals surface area contributed by atoms with Crippen LogP contribution in [0.4, 0.5) is 4.79 Å². The van der Waals surface area contributed by atoms with Crippen molar-refractivity contribution in [2.75, 3.05) is 13.7 Å². The van der Waals surface area contributed by atoms with Crippen molar-refractivity contribution in [1.29, 1.82) is 0 Å². The number of esters is 1. The minimum atomic E-state index is -0.381. The lowest BCUT2D eigenvalue weighted by Crippen LogP contribution is -2.39. The molecule has 2 aromatic rings. The molecule has 1 heterocycles. The van der Waals surface area contributed by atoms with E-state index in [-0.39, 0.29) is 24.7 Å². The highest BCUT2D eigenvalue weighted by atomic mass is 16.6. The van der Waals surface area contributed by atoms with E-state index in [9.17, 15) is 9.59 Å². The highest BCUT2D eigenvalue weighted by Gasteiger charge is 2.30. The molecule has 1 unspecified atom stereocenters. The van der Waals surface area contributed by atoms with Gasteiger partial charge in [-0.05, 0) is 36.1 Å². The van der Waals surface area contributed by atoms with Crippen molar-refractivity contribution in [2.45, 2.75) is 25.5 Å². The van der Waals surface area contributed by atoms with Crippen molar-refractivity contribution in [3.05, 3.63) is 83.4 Å². The fraction of sp³-hybridized carbons (Fsp3) is 0.273. The molecule has 1 aliphatic heterocycles. The maximum atomic E-state index is 12.7. The maximum absolute atomic E-state index is 12.7. The van der Waals surface area contributed by atoms with E-state index >= 15 is 0 Å². The van der Waals surface area contributed by atoms with Crippen LogP contribution in [0.15, 0.2) is 66.7 Å². The number of methoxy groups -OCH3 is 1. The molecular formula is C22H23NO4. The van der Waals surface area contributed by atoms with Crippen molar-refractivity contribution in [3.63, 3.8) is 0 Å². The zero-order valence-corrected chi connectivity index (χ0v) is 15.4. The summed E-state index contributed by atoms with van der Waals surface area (Å²) in [6.07, 6.45) is 1.10. The number of amides is 1. The van der Waals surface area contributed by atoms with Crippen molar-refractivity contribution in [1.82, 2.24) is 4.90 Å². The second-order valence-corrected chi connectivity index (χ2v) is 6.57. The van der Waals surface area contributed by atoms with E-state index < -0.39 is 0 Å². The van der Waals surface area contributed by atoms with Crippen LogP contribution in [0.5, 0.6) is 0 Å². The standard InChI is InChI=1S/C22H23NO4/c1-16-12-13-23(22(25)27-15-17-6-4-3-5-7-17)20(14-16)18-8-10-19(11-9-18)21(24)26-2/h3-11,20H,1,12-15H2,2H3. The summed E-state index contributed by atoms with van der Waals surface area (Å²) in [7, 11) is 1.35. The highest BCUT2D eigenvalue weighted by molar-refractivity contribution is 5.89. The van der Waals surface area contributed by atoms with E-state index in [0.29, 0.717) is 18.5 Å². The molecule has 140 valence electrons. The summed E-state index contributed by atoms with van der Waals surface area (Å²) in [6.45, 7) is 4.89. The summed E-state index contributed by atoms with van der Waals surface area (Å²) in [5, 5.41) is 0. The summed E-state index contributed by atoms with van der Waals surface area (Å²) in [4.78, 5) is 26.0. The van der Waals surface area contributed by atoms with Crippen LogP contribution in [0.2, 0.25) is 0 Å². The number of piperidine rings is 1. The monoisotopic (exact) mass is 365 g/mol. The van der Waals surface area contributed by atoms with E-state index in [2.05, 4.69) is 6.58 Å². The zero-order chi connectivity index (χ0) is 19.2. The molecule has 27 heavy (non-hydrogen) atoms. The van der Waals surface area contributed by atoms with Crippen molar-refractivity contribution >= 4 is 12.1 Å². The molecule has 0 saturated carbocycles. The molecule has 0 N–H and O–H groups in total. The van der Waals surface area contributed by atoms with Gasteiger partial charge in [0.2, 0.25) is 0 Å². The molecule has 1 saturated heterocycles. The molecule has 2 aromatic carbocycles. The number of carbonyl (C=O) groups is 2. The first kappa shape index (κ1) is 18.7. The first-order valence-corrected chi connectivity index (χ1v) is 8.90. The van der Waals surface area contributed by atoms with Crippen molar-refractivity contribution in [2.24, 2.45) is 0 Å². The maximum Gasteiger partial charge on any atom is 0.410 e. The number of hydrogen-bond acceptors (Lipinski definition) is 4. The summed E-state index contributed by atoms with van der Waals surface area (Å²) in [5.41, 5.74) is 3.48. The molecule has 1 fully saturated rings. The Kier molecular flexibility index (Phi) is 5.91. The fourth-order valence-electron chi connectivity index (χ4n) is 3.20. The molecule has 1 aliphatic rings.